The highest BCUT2D eigenvalue weighted by Crippen LogP contribution is 2.42. The summed E-state index contributed by atoms with van der Waals surface area (Å²) in [4.78, 5) is 17.7. The van der Waals surface area contributed by atoms with Gasteiger partial charge in [0.2, 0.25) is 0 Å². The van der Waals surface area contributed by atoms with Crippen LogP contribution < -0.4 is 0 Å². The van der Waals surface area contributed by atoms with Crippen LogP contribution in [0.25, 0.3) is 11.3 Å². The van der Waals surface area contributed by atoms with Crippen molar-refractivity contribution in [1.82, 2.24) is 20.0 Å². The van der Waals surface area contributed by atoms with Crippen molar-refractivity contribution in [2.24, 2.45) is 0 Å². The minimum Gasteiger partial charge on any atom is -0.379 e. The van der Waals surface area contributed by atoms with E-state index >= 15 is 0 Å². The van der Waals surface area contributed by atoms with Gasteiger partial charge in [-0.1, -0.05) is 60.2 Å². The number of H-pyrrole nitrogens is 1. The molecule has 1 unspecified atom stereocenters. The standard InChI is InChI=1S/C24H26N4O2/c1-17-7-9-19(10-8-17)23-20-21(18-5-3-2-4-6-18)25-26-22(20)24(29)28(23)12-11-27-13-15-30-16-14-27/h2-10,23H,11-16H2,1H3,(H,25,26). The molecule has 3 heterocycles. The molecule has 0 radical (unpaired) electrons. The van der Waals surface area contributed by atoms with E-state index in [0.717, 1.165) is 55.2 Å². The van der Waals surface area contributed by atoms with Gasteiger partial charge in [-0.2, -0.15) is 5.10 Å². The summed E-state index contributed by atoms with van der Waals surface area (Å²) in [5, 5.41) is 7.58. The summed E-state index contributed by atoms with van der Waals surface area (Å²) < 4.78 is 5.46. The molecule has 6 nitrogen and oxygen atoms in total. The van der Waals surface area contributed by atoms with Gasteiger partial charge >= 0.3 is 0 Å². The topological polar surface area (TPSA) is 61.5 Å². The normalized spacial score (nSPS) is 19.3. The number of benzene rings is 2. The zero-order valence-electron chi connectivity index (χ0n) is 17.2. The molecule has 1 fully saturated rings. The first kappa shape index (κ1) is 19.0. The van der Waals surface area contributed by atoms with E-state index in [1.807, 2.05) is 35.2 Å². The molecule has 1 amide bonds. The number of aromatic amines is 1. The first-order valence-electron chi connectivity index (χ1n) is 10.5. The number of ether oxygens (including phenoxy) is 1. The molecular weight excluding hydrogens is 376 g/mol. The second kappa shape index (κ2) is 8.05. The van der Waals surface area contributed by atoms with Gasteiger partial charge in [0.1, 0.15) is 5.69 Å². The number of carbonyl (C=O) groups excluding carboxylic acids is 1. The maximum absolute atomic E-state index is 13.4. The van der Waals surface area contributed by atoms with Gasteiger partial charge in [0.05, 0.1) is 24.9 Å². The van der Waals surface area contributed by atoms with Crippen LogP contribution in [0.2, 0.25) is 0 Å². The van der Waals surface area contributed by atoms with Gasteiger partial charge in [-0.05, 0) is 12.5 Å². The lowest BCUT2D eigenvalue weighted by Crippen LogP contribution is -2.42. The van der Waals surface area contributed by atoms with Gasteiger partial charge in [0.15, 0.2) is 0 Å². The molecular formula is C24H26N4O2. The van der Waals surface area contributed by atoms with Crippen molar-refractivity contribution in [3.05, 3.63) is 77.0 Å². The number of morpholine rings is 1. The van der Waals surface area contributed by atoms with Gasteiger partial charge in [0.25, 0.3) is 5.91 Å². The summed E-state index contributed by atoms with van der Waals surface area (Å²) in [6, 6.07) is 18.4. The Morgan fingerprint density at radius 2 is 1.77 bits per heavy atom. The lowest BCUT2D eigenvalue weighted by Gasteiger charge is -2.31. The Morgan fingerprint density at radius 3 is 2.50 bits per heavy atom. The van der Waals surface area contributed by atoms with Crippen LogP contribution in [0.4, 0.5) is 0 Å². The molecule has 3 aromatic rings. The van der Waals surface area contributed by atoms with Crippen LogP contribution in [0.3, 0.4) is 0 Å². The number of rotatable bonds is 5. The quantitative estimate of drug-likeness (QED) is 0.712. The number of hydrogen-bond acceptors (Lipinski definition) is 4. The molecule has 1 aromatic heterocycles. The summed E-state index contributed by atoms with van der Waals surface area (Å²) in [5.74, 6) is 0.0264. The second-order valence-electron chi connectivity index (χ2n) is 7.99. The maximum Gasteiger partial charge on any atom is 0.273 e. The number of amides is 1. The zero-order chi connectivity index (χ0) is 20.5. The van der Waals surface area contributed by atoms with Gasteiger partial charge in [-0.15, -0.1) is 0 Å². The number of fused-ring (bicyclic) bond motifs is 1. The van der Waals surface area contributed by atoms with E-state index in [9.17, 15) is 4.79 Å². The third-order valence-corrected chi connectivity index (χ3v) is 6.06. The maximum atomic E-state index is 13.4. The number of hydrogen-bond donors (Lipinski definition) is 1. The highest BCUT2D eigenvalue weighted by Gasteiger charge is 2.42. The Bertz CT molecular complexity index is 1020. The van der Waals surface area contributed by atoms with E-state index < -0.39 is 0 Å². The van der Waals surface area contributed by atoms with Crippen LogP contribution >= 0.6 is 0 Å². The molecule has 0 bridgehead atoms. The van der Waals surface area contributed by atoms with E-state index in [0.29, 0.717) is 12.2 Å². The van der Waals surface area contributed by atoms with Gasteiger partial charge in [0, 0.05) is 37.3 Å². The van der Waals surface area contributed by atoms with Gasteiger partial charge < -0.3 is 9.64 Å². The molecule has 5 rings (SSSR count). The minimum absolute atomic E-state index is 0.0264. The van der Waals surface area contributed by atoms with Crippen LogP contribution in [0, 0.1) is 6.92 Å². The van der Waals surface area contributed by atoms with Crippen LogP contribution in [-0.2, 0) is 4.74 Å². The summed E-state index contributed by atoms with van der Waals surface area (Å²) in [6.07, 6.45) is 0. The average Bonchev–Trinajstić information content (AvgIpc) is 3.33. The van der Waals surface area contributed by atoms with Crippen molar-refractivity contribution in [2.75, 3.05) is 39.4 Å². The van der Waals surface area contributed by atoms with Gasteiger partial charge in [-0.3, -0.25) is 14.8 Å². The molecule has 6 heteroatoms. The highest BCUT2D eigenvalue weighted by molar-refractivity contribution is 6.00. The molecule has 154 valence electrons. The molecule has 1 N–H and O–H groups in total. The Labute approximate surface area is 176 Å². The fourth-order valence-electron chi connectivity index (χ4n) is 4.41. The molecule has 0 spiro atoms. The number of nitrogens with one attached hydrogen (secondary N) is 1. The van der Waals surface area contributed by atoms with E-state index in [1.165, 1.54) is 5.56 Å². The minimum atomic E-state index is -0.136. The monoisotopic (exact) mass is 402 g/mol. The molecule has 2 aliphatic heterocycles. The van der Waals surface area contributed by atoms with E-state index in [1.54, 1.807) is 0 Å². The largest absolute Gasteiger partial charge is 0.379 e. The first-order chi connectivity index (χ1) is 14.7. The summed E-state index contributed by atoms with van der Waals surface area (Å²) >= 11 is 0. The molecule has 2 aliphatic rings. The lowest BCUT2D eigenvalue weighted by molar-refractivity contribution is 0.0316. The van der Waals surface area contributed by atoms with E-state index in [-0.39, 0.29) is 11.9 Å². The van der Waals surface area contributed by atoms with Crippen molar-refractivity contribution in [2.45, 2.75) is 13.0 Å². The van der Waals surface area contributed by atoms with Crippen molar-refractivity contribution in [3.63, 3.8) is 0 Å². The number of nitrogens with zero attached hydrogens (tertiary/aromatic N) is 3. The van der Waals surface area contributed by atoms with Crippen molar-refractivity contribution >= 4 is 5.91 Å². The van der Waals surface area contributed by atoms with E-state index in [4.69, 9.17) is 4.74 Å². The lowest BCUT2D eigenvalue weighted by atomic mass is 9.95. The average molecular weight is 402 g/mol. The Morgan fingerprint density at radius 1 is 1.03 bits per heavy atom. The fourth-order valence-corrected chi connectivity index (χ4v) is 4.41. The highest BCUT2D eigenvalue weighted by atomic mass is 16.5. The van der Waals surface area contributed by atoms with Crippen molar-refractivity contribution in [1.29, 1.82) is 0 Å². The van der Waals surface area contributed by atoms with Crippen LogP contribution in [0.15, 0.2) is 54.6 Å². The fraction of sp³-hybridized carbons (Fsp3) is 0.333. The number of aryl methyl sites for hydroxylation is 1. The van der Waals surface area contributed by atoms with Crippen molar-refractivity contribution in [3.8, 4) is 11.3 Å². The summed E-state index contributed by atoms with van der Waals surface area (Å²) in [6.45, 7) is 6.95. The molecule has 0 aliphatic carbocycles. The summed E-state index contributed by atoms with van der Waals surface area (Å²) in [7, 11) is 0. The predicted octanol–water partition coefficient (Wildman–Crippen LogP) is 3.26. The predicted molar refractivity (Wildman–Crippen MR) is 115 cm³/mol. The third-order valence-electron chi connectivity index (χ3n) is 6.06. The van der Waals surface area contributed by atoms with Crippen LogP contribution in [-0.4, -0.2) is 65.3 Å². The van der Waals surface area contributed by atoms with Crippen LogP contribution in [0.5, 0.6) is 0 Å². The molecule has 1 saturated heterocycles. The van der Waals surface area contributed by atoms with E-state index in [2.05, 4.69) is 46.3 Å². The van der Waals surface area contributed by atoms with Crippen molar-refractivity contribution < 1.29 is 9.53 Å². The first-order valence-corrected chi connectivity index (χ1v) is 10.5. The molecule has 1 atom stereocenters. The smallest absolute Gasteiger partial charge is 0.273 e. The van der Waals surface area contributed by atoms with Gasteiger partial charge in [-0.25, -0.2) is 0 Å². The zero-order valence-corrected chi connectivity index (χ0v) is 17.2. The number of aromatic nitrogens is 2. The molecule has 0 saturated carbocycles. The Kier molecular flexibility index (Phi) is 5.11. The molecule has 2 aromatic carbocycles. The Balaban J connectivity index is 1.52. The molecule has 30 heavy (non-hydrogen) atoms. The SMILES string of the molecule is Cc1ccc(C2c3c(-c4ccccc4)n[nH]c3C(=O)N2CCN2CCOCC2)cc1. The Hall–Kier alpha value is -2.96. The van der Waals surface area contributed by atoms with Crippen LogP contribution in [0.1, 0.15) is 33.2 Å². The third kappa shape index (κ3) is 3.42. The second-order valence-corrected chi connectivity index (χ2v) is 7.99. The number of carbonyl (C=O) groups is 1. The summed E-state index contributed by atoms with van der Waals surface area (Å²) in [5.41, 5.74) is 5.80.